The van der Waals surface area contributed by atoms with E-state index in [0.29, 0.717) is 19.3 Å². The molecular weight excluding hydrogens is 220 g/mol. The van der Waals surface area contributed by atoms with Crippen molar-refractivity contribution in [2.45, 2.75) is 39.5 Å². The van der Waals surface area contributed by atoms with Gasteiger partial charge in [0.1, 0.15) is 5.41 Å². The number of aryl methyl sites for hydroxylation is 2. The first-order valence-electron chi connectivity index (χ1n) is 5.45. The molecule has 0 radical (unpaired) electrons. The highest BCUT2D eigenvalue weighted by molar-refractivity contribution is 7.11. The maximum absolute atomic E-state index is 11.8. The zero-order chi connectivity index (χ0) is 11.8. The molecule has 0 saturated heterocycles. The van der Waals surface area contributed by atoms with E-state index in [2.05, 4.69) is 11.1 Å². The summed E-state index contributed by atoms with van der Waals surface area (Å²) in [5.41, 5.74) is 0.232. The number of Topliss-reactive ketones (excluding diaryl/α,β-unsaturated/α-hetero) is 1. The average Bonchev–Trinajstić information content (AvgIpc) is 2.74. The first kappa shape index (κ1) is 11.3. The number of carbonyl (C=O) groups is 1. The molecule has 3 nitrogen and oxygen atoms in total. The highest BCUT2D eigenvalue weighted by Crippen LogP contribution is 2.38. The Morgan fingerprint density at radius 3 is 2.75 bits per heavy atom. The molecule has 1 aliphatic rings. The predicted molar refractivity (Wildman–Crippen MR) is 62.2 cm³/mol. The summed E-state index contributed by atoms with van der Waals surface area (Å²) in [4.78, 5) is 17.4. The van der Waals surface area contributed by atoms with Crippen molar-refractivity contribution in [2.75, 3.05) is 0 Å². The third kappa shape index (κ3) is 1.76. The molecule has 1 atom stereocenters. The van der Waals surface area contributed by atoms with Gasteiger partial charge in [0.15, 0.2) is 5.78 Å². The van der Waals surface area contributed by atoms with Gasteiger partial charge in [-0.15, -0.1) is 11.3 Å². The second kappa shape index (κ2) is 3.99. The number of nitriles is 1. The summed E-state index contributed by atoms with van der Waals surface area (Å²) in [7, 11) is 0. The van der Waals surface area contributed by atoms with Gasteiger partial charge >= 0.3 is 0 Å². The largest absolute Gasteiger partial charge is 0.298 e. The summed E-state index contributed by atoms with van der Waals surface area (Å²) in [6.45, 7) is 3.98. The minimum Gasteiger partial charge on any atom is -0.298 e. The lowest BCUT2D eigenvalue weighted by molar-refractivity contribution is -0.123. The van der Waals surface area contributed by atoms with Gasteiger partial charge in [0.25, 0.3) is 0 Å². The smallest absolute Gasteiger partial charge is 0.153 e. The number of aromatic nitrogens is 1. The van der Waals surface area contributed by atoms with Crippen molar-refractivity contribution in [3.63, 3.8) is 0 Å². The van der Waals surface area contributed by atoms with Crippen molar-refractivity contribution in [3.8, 4) is 6.07 Å². The molecule has 0 aliphatic heterocycles. The van der Waals surface area contributed by atoms with Crippen LogP contribution in [0.5, 0.6) is 0 Å². The van der Waals surface area contributed by atoms with Crippen LogP contribution in [0.2, 0.25) is 0 Å². The van der Waals surface area contributed by atoms with Gasteiger partial charge < -0.3 is 0 Å². The normalized spacial score (nSPS) is 24.7. The van der Waals surface area contributed by atoms with Crippen LogP contribution in [0.3, 0.4) is 0 Å². The lowest BCUT2D eigenvalue weighted by atomic mass is 9.84. The van der Waals surface area contributed by atoms with Gasteiger partial charge in [0.2, 0.25) is 0 Å². The highest BCUT2D eigenvalue weighted by atomic mass is 32.1. The topological polar surface area (TPSA) is 53.8 Å². The Labute approximate surface area is 99.1 Å². The maximum Gasteiger partial charge on any atom is 0.153 e. The molecule has 0 N–H and O–H groups in total. The molecule has 2 rings (SSSR count). The lowest BCUT2D eigenvalue weighted by Gasteiger charge is -2.16. The first-order chi connectivity index (χ1) is 7.57. The summed E-state index contributed by atoms with van der Waals surface area (Å²) in [5, 5.41) is 10.2. The fraction of sp³-hybridized carbons (Fsp3) is 0.583. The summed E-state index contributed by atoms with van der Waals surface area (Å²) in [5.74, 6) is 0.0977. The highest BCUT2D eigenvalue weighted by Gasteiger charge is 2.43. The van der Waals surface area contributed by atoms with Crippen LogP contribution in [0.4, 0.5) is 0 Å². The van der Waals surface area contributed by atoms with E-state index in [1.807, 2.05) is 13.8 Å². The Kier molecular flexibility index (Phi) is 2.81. The van der Waals surface area contributed by atoms with Gasteiger partial charge in [-0.1, -0.05) is 0 Å². The summed E-state index contributed by atoms with van der Waals surface area (Å²) in [6, 6.07) is 2.22. The van der Waals surface area contributed by atoms with E-state index in [1.165, 1.54) is 4.88 Å². The van der Waals surface area contributed by atoms with E-state index in [-0.39, 0.29) is 5.78 Å². The second-order valence-corrected chi connectivity index (χ2v) is 5.68. The molecular formula is C12H14N2OS. The molecule has 84 valence electrons. The molecule has 16 heavy (non-hydrogen) atoms. The maximum atomic E-state index is 11.8. The van der Waals surface area contributed by atoms with E-state index in [9.17, 15) is 10.1 Å². The van der Waals surface area contributed by atoms with Crippen molar-refractivity contribution < 1.29 is 4.79 Å². The van der Waals surface area contributed by atoms with E-state index >= 15 is 0 Å². The molecule has 1 heterocycles. The van der Waals surface area contributed by atoms with E-state index in [4.69, 9.17) is 0 Å². The number of nitrogens with zero attached hydrogens (tertiary/aromatic N) is 2. The predicted octanol–water partition coefficient (Wildman–Crippen LogP) is 2.57. The zero-order valence-electron chi connectivity index (χ0n) is 9.54. The molecule has 4 heteroatoms. The Morgan fingerprint density at radius 1 is 1.56 bits per heavy atom. The van der Waals surface area contributed by atoms with Crippen LogP contribution in [0, 0.1) is 30.6 Å². The van der Waals surface area contributed by atoms with Crippen LogP contribution in [0.25, 0.3) is 0 Å². The second-order valence-electron chi connectivity index (χ2n) is 4.40. The quantitative estimate of drug-likeness (QED) is 0.790. The van der Waals surface area contributed by atoms with Gasteiger partial charge in [0, 0.05) is 17.7 Å². The number of hydrogen-bond acceptors (Lipinski definition) is 4. The van der Waals surface area contributed by atoms with Gasteiger partial charge in [-0.3, -0.25) is 4.79 Å². The third-order valence-corrected chi connectivity index (χ3v) is 4.35. The Morgan fingerprint density at radius 2 is 2.31 bits per heavy atom. The van der Waals surface area contributed by atoms with E-state index in [1.54, 1.807) is 11.3 Å². The number of thiazole rings is 1. The number of hydrogen-bond donors (Lipinski definition) is 0. The molecule has 0 spiro atoms. The molecule has 1 unspecified atom stereocenters. The molecule has 1 aromatic rings. The third-order valence-electron chi connectivity index (χ3n) is 3.28. The average molecular weight is 234 g/mol. The van der Waals surface area contributed by atoms with Crippen molar-refractivity contribution in [2.24, 2.45) is 5.41 Å². The van der Waals surface area contributed by atoms with Crippen LogP contribution in [-0.2, 0) is 11.2 Å². The summed E-state index contributed by atoms with van der Waals surface area (Å²) >= 11 is 1.60. The Hall–Kier alpha value is -1.21. The first-order valence-corrected chi connectivity index (χ1v) is 6.26. The zero-order valence-corrected chi connectivity index (χ0v) is 10.4. The monoisotopic (exact) mass is 234 g/mol. The van der Waals surface area contributed by atoms with Crippen LogP contribution in [-0.4, -0.2) is 10.8 Å². The fourth-order valence-corrected chi connectivity index (χ4v) is 3.20. The number of ketones is 1. The minimum atomic E-state index is -0.781. The molecule has 0 aromatic carbocycles. The van der Waals surface area contributed by atoms with Crippen molar-refractivity contribution >= 4 is 17.1 Å². The van der Waals surface area contributed by atoms with Crippen molar-refractivity contribution in [1.82, 2.24) is 4.98 Å². The van der Waals surface area contributed by atoms with Crippen LogP contribution in [0.15, 0.2) is 0 Å². The van der Waals surface area contributed by atoms with Gasteiger partial charge in [-0.05, 0) is 26.7 Å². The Bertz CT molecular complexity index is 452. The van der Waals surface area contributed by atoms with Gasteiger partial charge in [-0.25, -0.2) is 4.98 Å². The van der Waals surface area contributed by atoms with Gasteiger partial charge in [0.05, 0.1) is 16.8 Å². The molecule has 0 bridgehead atoms. The Balaban J connectivity index is 2.26. The van der Waals surface area contributed by atoms with E-state index < -0.39 is 5.41 Å². The van der Waals surface area contributed by atoms with Gasteiger partial charge in [-0.2, -0.15) is 5.26 Å². The molecule has 0 amide bonds. The van der Waals surface area contributed by atoms with Crippen LogP contribution in [0.1, 0.15) is 34.8 Å². The van der Waals surface area contributed by atoms with Crippen LogP contribution < -0.4 is 0 Å². The standard InChI is InChI=1S/C12H14N2OS/c1-8-9(2)16-11(14-8)6-12(7-13)5-3-4-10(12)15/h3-6H2,1-2H3. The van der Waals surface area contributed by atoms with Crippen molar-refractivity contribution in [1.29, 1.82) is 5.26 Å². The number of rotatable bonds is 2. The SMILES string of the molecule is Cc1nc(CC2(C#N)CCCC2=O)sc1C. The fourth-order valence-electron chi connectivity index (χ4n) is 2.15. The molecule has 1 aliphatic carbocycles. The summed E-state index contributed by atoms with van der Waals surface area (Å²) in [6.07, 6.45) is 2.59. The number of carbonyl (C=O) groups excluding carboxylic acids is 1. The lowest BCUT2D eigenvalue weighted by Crippen LogP contribution is -2.26. The van der Waals surface area contributed by atoms with Crippen molar-refractivity contribution in [3.05, 3.63) is 15.6 Å². The summed E-state index contributed by atoms with van der Waals surface area (Å²) < 4.78 is 0. The van der Waals surface area contributed by atoms with E-state index in [0.717, 1.165) is 17.1 Å². The molecule has 1 saturated carbocycles. The minimum absolute atomic E-state index is 0.0977. The molecule has 1 fully saturated rings. The molecule has 1 aromatic heterocycles. The van der Waals surface area contributed by atoms with Crippen LogP contribution >= 0.6 is 11.3 Å².